The highest BCUT2D eigenvalue weighted by Crippen LogP contribution is 2.36. The molecule has 0 saturated heterocycles. The molecule has 1 heterocycles. The van der Waals surface area contributed by atoms with Gasteiger partial charge in [-0.3, -0.25) is 4.79 Å². The van der Waals surface area contributed by atoms with E-state index >= 15 is 0 Å². The van der Waals surface area contributed by atoms with E-state index in [0.717, 1.165) is 46.4 Å². The van der Waals surface area contributed by atoms with Crippen molar-refractivity contribution < 1.29 is 19.1 Å². The molecule has 208 valence electrons. The third kappa shape index (κ3) is 6.39. The fourth-order valence-electron chi connectivity index (χ4n) is 5.22. The average Bonchev–Trinajstić information content (AvgIpc) is 3.80. The zero-order valence-corrected chi connectivity index (χ0v) is 23.9. The predicted molar refractivity (Wildman–Crippen MR) is 158 cm³/mol. The van der Waals surface area contributed by atoms with Gasteiger partial charge in [-0.15, -0.1) is 0 Å². The fourth-order valence-corrected chi connectivity index (χ4v) is 5.22. The minimum atomic E-state index is -0.612. The third-order valence-corrected chi connectivity index (χ3v) is 7.35. The molecule has 1 aliphatic heterocycles. The Labute approximate surface area is 237 Å². The molecular formula is C34H38N2O4. The summed E-state index contributed by atoms with van der Waals surface area (Å²) in [7, 11) is 1.66. The standard InChI is InChI=1S/C34H38N2O4/c1-34(2,3)40-33(38)35-20-19-29(26-15-10-14-25(21-26)24-11-6-5-7-12-24)30(23-35)32(37)36(28-17-18-28)22-27-13-8-9-16-31(27)39-4/h5-16,21,28H,17-20,22-23H2,1-4H3. The van der Waals surface area contributed by atoms with Gasteiger partial charge in [0.05, 0.1) is 13.7 Å². The van der Waals surface area contributed by atoms with Crippen molar-refractivity contribution in [1.29, 1.82) is 0 Å². The number of hydrogen-bond donors (Lipinski definition) is 0. The lowest BCUT2D eigenvalue weighted by Gasteiger charge is -2.34. The Balaban J connectivity index is 1.53. The molecule has 0 aromatic heterocycles. The van der Waals surface area contributed by atoms with Gasteiger partial charge in [0.15, 0.2) is 0 Å². The normalized spacial score (nSPS) is 15.6. The van der Waals surface area contributed by atoms with Crippen LogP contribution in [-0.2, 0) is 16.1 Å². The van der Waals surface area contributed by atoms with E-state index < -0.39 is 11.7 Å². The highest BCUT2D eigenvalue weighted by Gasteiger charge is 2.38. The Morgan fingerprint density at radius 2 is 1.57 bits per heavy atom. The van der Waals surface area contributed by atoms with Gasteiger partial charge in [0.25, 0.3) is 5.91 Å². The van der Waals surface area contributed by atoms with Crippen molar-refractivity contribution >= 4 is 17.6 Å². The van der Waals surface area contributed by atoms with Gasteiger partial charge < -0.3 is 19.3 Å². The minimum Gasteiger partial charge on any atom is -0.496 e. The topological polar surface area (TPSA) is 59.1 Å². The molecule has 2 aliphatic rings. The highest BCUT2D eigenvalue weighted by molar-refractivity contribution is 6.03. The molecule has 0 unspecified atom stereocenters. The van der Waals surface area contributed by atoms with E-state index in [1.165, 1.54) is 0 Å². The van der Waals surface area contributed by atoms with Gasteiger partial charge in [-0.25, -0.2) is 4.79 Å². The molecular weight excluding hydrogens is 500 g/mol. The van der Waals surface area contributed by atoms with E-state index in [0.29, 0.717) is 25.1 Å². The number of hydrogen-bond acceptors (Lipinski definition) is 4. The van der Waals surface area contributed by atoms with Crippen LogP contribution in [0.2, 0.25) is 0 Å². The second kappa shape index (κ2) is 11.6. The number of amides is 2. The molecule has 6 nitrogen and oxygen atoms in total. The van der Waals surface area contributed by atoms with Gasteiger partial charge in [-0.2, -0.15) is 0 Å². The maximum absolute atomic E-state index is 14.4. The van der Waals surface area contributed by atoms with Crippen LogP contribution in [0.25, 0.3) is 16.7 Å². The molecule has 0 atom stereocenters. The molecule has 1 aliphatic carbocycles. The van der Waals surface area contributed by atoms with E-state index in [-0.39, 0.29) is 18.5 Å². The monoisotopic (exact) mass is 538 g/mol. The largest absolute Gasteiger partial charge is 0.496 e. The summed E-state index contributed by atoms with van der Waals surface area (Å²) in [6.07, 6.45) is 2.13. The molecule has 40 heavy (non-hydrogen) atoms. The molecule has 0 bridgehead atoms. The zero-order chi connectivity index (χ0) is 28.3. The Kier molecular flexibility index (Phi) is 7.97. The number of nitrogens with zero attached hydrogens (tertiary/aromatic N) is 2. The lowest BCUT2D eigenvalue weighted by molar-refractivity contribution is -0.128. The number of carbonyl (C=O) groups is 2. The number of methoxy groups -OCH3 is 1. The van der Waals surface area contributed by atoms with Crippen LogP contribution in [0.5, 0.6) is 5.75 Å². The number of carbonyl (C=O) groups excluding carboxylic acids is 2. The Bertz CT molecular complexity index is 1400. The molecule has 0 radical (unpaired) electrons. The fraction of sp³-hybridized carbons (Fsp3) is 0.353. The Morgan fingerprint density at radius 3 is 2.27 bits per heavy atom. The molecule has 3 aromatic rings. The minimum absolute atomic E-state index is 0.0261. The number of rotatable bonds is 7. The predicted octanol–water partition coefficient (Wildman–Crippen LogP) is 6.95. The van der Waals surface area contributed by atoms with Crippen LogP contribution in [-0.4, -0.2) is 53.6 Å². The smallest absolute Gasteiger partial charge is 0.410 e. The van der Waals surface area contributed by atoms with Crippen LogP contribution in [0.3, 0.4) is 0 Å². The first kappa shape index (κ1) is 27.5. The number of benzene rings is 3. The summed E-state index contributed by atoms with van der Waals surface area (Å²) in [4.78, 5) is 31.1. The SMILES string of the molecule is COc1ccccc1CN(C(=O)C1=C(c2cccc(-c3ccccc3)c2)CCN(C(=O)OC(C)(C)C)C1)C1CC1. The molecule has 1 saturated carbocycles. The summed E-state index contributed by atoms with van der Waals surface area (Å²) in [5, 5.41) is 0. The van der Waals surface area contributed by atoms with Gasteiger partial charge in [-0.1, -0.05) is 66.7 Å². The zero-order valence-electron chi connectivity index (χ0n) is 23.9. The van der Waals surface area contributed by atoms with E-state index in [2.05, 4.69) is 30.3 Å². The first-order valence-electron chi connectivity index (χ1n) is 14.0. The van der Waals surface area contributed by atoms with Crippen molar-refractivity contribution in [2.75, 3.05) is 20.2 Å². The number of ether oxygens (including phenoxy) is 2. The summed E-state index contributed by atoms with van der Waals surface area (Å²) >= 11 is 0. The van der Waals surface area contributed by atoms with Crippen LogP contribution in [0.4, 0.5) is 4.79 Å². The maximum Gasteiger partial charge on any atom is 0.410 e. The van der Waals surface area contributed by atoms with E-state index in [1.54, 1.807) is 12.0 Å². The molecule has 5 rings (SSSR count). The van der Waals surface area contributed by atoms with E-state index in [1.807, 2.05) is 74.2 Å². The van der Waals surface area contributed by atoms with E-state index in [9.17, 15) is 9.59 Å². The quantitative estimate of drug-likeness (QED) is 0.327. The van der Waals surface area contributed by atoms with Crippen molar-refractivity contribution in [2.45, 2.75) is 58.2 Å². The van der Waals surface area contributed by atoms with Gasteiger partial charge in [0.2, 0.25) is 0 Å². The first-order chi connectivity index (χ1) is 19.2. The summed E-state index contributed by atoms with van der Waals surface area (Å²) in [6, 6.07) is 26.6. The van der Waals surface area contributed by atoms with Crippen LogP contribution in [0, 0.1) is 0 Å². The van der Waals surface area contributed by atoms with Crippen LogP contribution < -0.4 is 4.74 Å². The molecule has 0 N–H and O–H groups in total. The molecule has 0 spiro atoms. The lowest BCUT2D eigenvalue weighted by Crippen LogP contribution is -2.44. The summed E-state index contributed by atoms with van der Waals surface area (Å²) in [5.74, 6) is 0.742. The van der Waals surface area contributed by atoms with Crippen LogP contribution in [0.1, 0.15) is 51.2 Å². The molecule has 1 fully saturated rings. The van der Waals surface area contributed by atoms with E-state index in [4.69, 9.17) is 9.47 Å². The summed E-state index contributed by atoms with van der Waals surface area (Å²) in [6.45, 7) is 6.75. The lowest BCUT2D eigenvalue weighted by atomic mass is 9.90. The van der Waals surface area contributed by atoms with Crippen LogP contribution in [0.15, 0.2) is 84.4 Å². The molecule has 6 heteroatoms. The van der Waals surface area contributed by atoms with Crippen molar-refractivity contribution in [1.82, 2.24) is 9.80 Å². The third-order valence-electron chi connectivity index (χ3n) is 7.35. The van der Waals surface area contributed by atoms with Crippen molar-refractivity contribution in [3.63, 3.8) is 0 Å². The molecule has 3 aromatic carbocycles. The summed E-state index contributed by atoms with van der Waals surface area (Å²) in [5.41, 5.74) is 5.25. The van der Waals surface area contributed by atoms with Gasteiger partial charge in [-0.05, 0) is 74.4 Å². The highest BCUT2D eigenvalue weighted by atomic mass is 16.6. The maximum atomic E-state index is 14.4. The van der Waals surface area contributed by atoms with Crippen molar-refractivity contribution in [3.05, 3.63) is 95.6 Å². The second-order valence-electron chi connectivity index (χ2n) is 11.5. The molecule has 2 amide bonds. The van der Waals surface area contributed by atoms with Crippen molar-refractivity contribution in [2.24, 2.45) is 0 Å². The summed E-state index contributed by atoms with van der Waals surface area (Å²) < 4.78 is 11.3. The first-order valence-corrected chi connectivity index (χ1v) is 14.0. The average molecular weight is 539 g/mol. The van der Waals surface area contributed by atoms with Crippen molar-refractivity contribution in [3.8, 4) is 16.9 Å². The Morgan fingerprint density at radius 1 is 0.900 bits per heavy atom. The number of para-hydroxylation sites is 1. The van der Waals surface area contributed by atoms with Gasteiger partial charge in [0, 0.05) is 30.3 Å². The van der Waals surface area contributed by atoms with Gasteiger partial charge in [0.1, 0.15) is 11.4 Å². The van der Waals surface area contributed by atoms with Gasteiger partial charge >= 0.3 is 6.09 Å². The Hall–Kier alpha value is -4.06. The van der Waals surface area contributed by atoms with Crippen LogP contribution >= 0.6 is 0 Å². The second-order valence-corrected chi connectivity index (χ2v) is 11.5.